The molecular formula is C14H19BrN2O3S. The van der Waals surface area contributed by atoms with Crippen LogP contribution in [0.25, 0.3) is 0 Å². The topological polar surface area (TPSA) is 72.2 Å². The van der Waals surface area contributed by atoms with Crippen molar-refractivity contribution in [3.05, 3.63) is 38.3 Å². The van der Waals surface area contributed by atoms with Crippen LogP contribution in [0.5, 0.6) is 0 Å². The highest BCUT2D eigenvalue weighted by Crippen LogP contribution is 2.30. The number of halogens is 1. The van der Waals surface area contributed by atoms with Gasteiger partial charge in [-0.25, -0.2) is 0 Å². The molecule has 0 fully saturated rings. The number of amides is 1. The van der Waals surface area contributed by atoms with Gasteiger partial charge in [-0.2, -0.15) is 11.8 Å². The van der Waals surface area contributed by atoms with E-state index in [0.29, 0.717) is 16.6 Å². The summed E-state index contributed by atoms with van der Waals surface area (Å²) in [6.07, 6.45) is 3.93. The Morgan fingerprint density at radius 3 is 2.52 bits per heavy atom. The van der Waals surface area contributed by atoms with Gasteiger partial charge in [0.05, 0.1) is 9.40 Å². The zero-order chi connectivity index (χ0) is 16.0. The summed E-state index contributed by atoms with van der Waals surface area (Å²) in [5, 5.41) is 13.8. The van der Waals surface area contributed by atoms with Crippen molar-refractivity contribution in [1.29, 1.82) is 0 Å². The first-order valence-electron chi connectivity index (χ1n) is 6.66. The van der Waals surface area contributed by atoms with Gasteiger partial charge >= 0.3 is 0 Å². The maximum atomic E-state index is 12.2. The Morgan fingerprint density at radius 2 is 2.05 bits per heavy atom. The summed E-state index contributed by atoms with van der Waals surface area (Å²) in [7, 11) is 0. The summed E-state index contributed by atoms with van der Waals surface area (Å²) < 4.78 is 0.376. The van der Waals surface area contributed by atoms with Crippen molar-refractivity contribution in [2.45, 2.75) is 31.4 Å². The molecular weight excluding hydrogens is 356 g/mol. The fourth-order valence-corrected chi connectivity index (χ4v) is 3.18. The predicted molar refractivity (Wildman–Crippen MR) is 90.0 cm³/mol. The van der Waals surface area contributed by atoms with Crippen LogP contribution in [-0.2, 0) is 0 Å². The van der Waals surface area contributed by atoms with E-state index in [-0.39, 0.29) is 16.3 Å². The molecule has 1 N–H and O–H groups in total. The lowest BCUT2D eigenvalue weighted by molar-refractivity contribution is -0.385. The summed E-state index contributed by atoms with van der Waals surface area (Å²) >= 11 is 4.84. The summed E-state index contributed by atoms with van der Waals surface area (Å²) in [6, 6.07) is 4.39. The quantitative estimate of drug-likeness (QED) is 0.577. The van der Waals surface area contributed by atoms with E-state index in [1.165, 1.54) is 12.1 Å². The minimum Gasteiger partial charge on any atom is -0.351 e. The monoisotopic (exact) mass is 374 g/mol. The average molecular weight is 375 g/mol. The first-order valence-corrected chi connectivity index (χ1v) is 8.68. The van der Waals surface area contributed by atoms with Crippen LogP contribution in [-0.4, -0.2) is 28.4 Å². The van der Waals surface area contributed by atoms with Gasteiger partial charge in [0.15, 0.2) is 0 Å². The third-order valence-corrected chi connectivity index (χ3v) is 5.96. The van der Waals surface area contributed by atoms with E-state index in [1.54, 1.807) is 17.8 Å². The Kier molecular flexibility index (Phi) is 6.67. The molecule has 0 heterocycles. The number of benzene rings is 1. The number of nitro benzene ring substituents is 1. The molecule has 0 spiro atoms. The lowest BCUT2D eigenvalue weighted by atomic mass is 10.0. The molecule has 0 aliphatic heterocycles. The highest BCUT2D eigenvalue weighted by Gasteiger charge is 2.26. The predicted octanol–water partition coefficient (Wildman–Crippen LogP) is 4.01. The van der Waals surface area contributed by atoms with Crippen molar-refractivity contribution in [2.75, 3.05) is 12.8 Å². The van der Waals surface area contributed by atoms with Crippen molar-refractivity contribution >= 4 is 39.3 Å². The number of nitrogens with zero attached hydrogens (tertiary/aromatic N) is 1. The van der Waals surface area contributed by atoms with E-state index >= 15 is 0 Å². The molecule has 0 radical (unpaired) electrons. The molecule has 0 atom stereocenters. The van der Waals surface area contributed by atoms with Gasteiger partial charge in [0.2, 0.25) is 0 Å². The number of nitro groups is 1. The maximum absolute atomic E-state index is 12.2. The highest BCUT2D eigenvalue weighted by molar-refractivity contribution is 9.10. The smallest absolute Gasteiger partial charge is 0.284 e. The van der Waals surface area contributed by atoms with Gasteiger partial charge in [-0.05, 0) is 47.2 Å². The van der Waals surface area contributed by atoms with Crippen LogP contribution in [0.1, 0.15) is 37.0 Å². The van der Waals surface area contributed by atoms with E-state index in [1.807, 2.05) is 6.26 Å². The van der Waals surface area contributed by atoms with E-state index in [2.05, 4.69) is 35.1 Å². The zero-order valence-electron chi connectivity index (χ0n) is 12.3. The maximum Gasteiger partial charge on any atom is 0.284 e. The highest BCUT2D eigenvalue weighted by atomic mass is 79.9. The lowest BCUT2D eigenvalue weighted by Gasteiger charge is -2.29. The minimum atomic E-state index is -0.509. The van der Waals surface area contributed by atoms with Crippen molar-refractivity contribution in [3.8, 4) is 0 Å². The average Bonchev–Trinajstić information content (AvgIpc) is 2.49. The van der Waals surface area contributed by atoms with Gasteiger partial charge in [-0.1, -0.05) is 13.8 Å². The first-order chi connectivity index (χ1) is 9.89. The second kappa shape index (κ2) is 7.79. The molecule has 0 unspecified atom stereocenters. The number of carbonyl (C=O) groups excluding carboxylic acids is 1. The third kappa shape index (κ3) is 4.44. The van der Waals surface area contributed by atoms with Crippen molar-refractivity contribution in [2.24, 2.45) is 0 Å². The van der Waals surface area contributed by atoms with Crippen LogP contribution in [0.4, 0.5) is 5.69 Å². The van der Waals surface area contributed by atoms with Crippen LogP contribution >= 0.6 is 27.7 Å². The molecule has 1 aromatic rings. The molecule has 0 saturated carbocycles. The van der Waals surface area contributed by atoms with Crippen LogP contribution < -0.4 is 5.32 Å². The zero-order valence-corrected chi connectivity index (χ0v) is 14.7. The standard InChI is InChI=1S/C14H19BrN2O3S/c1-4-14(5-2,21-3)9-16-13(18)10-6-7-11(15)12(8-10)17(19)20/h6-8H,4-5,9H2,1-3H3,(H,16,18). The van der Waals surface area contributed by atoms with E-state index < -0.39 is 4.92 Å². The number of carbonyl (C=O) groups is 1. The Morgan fingerprint density at radius 1 is 1.43 bits per heavy atom. The van der Waals surface area contributed by atoms with Crippen LogP contribution in [0.15, 0.2) is 22.7 Å². The second-order valence-corrected chi connectivity index (χ2v) is 6.83. The molecule has 0 aliphatic rings. The number of rotatable bonds is 7. The fourth-order valence-electron chi connectivity index (χ4n) is 2.00. The number of thioether (sulfide) groups is 1. The van der Waals surface area contributed by atoms with Crippen LogP contribution in [0, 0.1) is 10.1 Å². The van der Waals surface area contributed by atoms with E-state index in [4.69, 9.17) is 0 Å². The summed E-state index contributed by atoms with van der Waals surface area (Å²) in [5.41, 5.74) is 0.192. The molecule has 1 rings (SSSR count). The number of hydrogen-bond donors (Lipinski definition) is 1. The Labute approximate surface area is 137 Å². The van der Waals surface area contributed by atoms with Crippen molar-refractivity contribution < 1.29 is 9.72 Å². The first kappa shape index (κ1) is 18.0. The van der Waals surface area contributed by atoms with Crippen LogP contribution in [0.3, 0.4) is 0 Å². The number of hydrogen-bond acceptors (Lipinski definition) is 4. The Balaban J connectivity index is 2.85. The molecule has 5 nitrogen and oxygen atoms in total. The third-order valence-electron chi connectivity index (χ3n) is 3.70. The van der Waals surface area contributed by atoms with E-state index in [0.717, 1.165) is 12.8 Å². The summed E-state index contributed by atoms with van der Waals surface area (Å²) in [4.78, 5) is 22.6. The van der Waals surface area contributed by atoms with Gasteiger partial charge in [0.1, 0.15) is 0 Å². The SMILES string of the molecule is CCC(CC)(CNC(=O)c1ccc(Br)c([N+](=O)[O-])c1)SC. The van der Waals surface area contributed by atoms with Gasteiger partial charge in [0.25, 0.3) is 11.6 Å². The molecule has 1 amide bonds. The summed E-state index contributed by atoms with van der Waals surface area (Å²) in [6.45, 7) is 4.73. The molecule has 1 aromatic carbocycles. The largest absolute Gasteiger partial charge is 0.351 e. The summed E-state index contributed by atoms with van der Waals surface area (Å²) in [5.74, 6) is -0.286. The Hall–Kier alpha value is -1.08. The van der Waals surface area contributed by atoms with Crippen molar-refractivity contribution in [1.82, 2.24) is 5.32 Å². The fraction of sp³-hybridized carbons (Fsp3) is 0.500. The second-order valence-electron chi connectivity index (χ2n) is 4.70. The molecule has 0 saturated heterocycles. The van der Waals surface area contributed by atoms with Crippen molar-refractivity contribution in [3.63, 3.8) is 0 Å². The minimum absolute atomic E-state index is 0.0109. The van der Waals surface area contributed by atoms with Gasteiger partial charge in [-0.3, -0.25) is 14.9 Å². The van der Waals surface area contributed by atoms with Gasteiger partial charge in [-0.15, -0.1) is 0 Å². The molecule has 7 heteroatoms. The Bertz CT molecular complexity index is 525. The number of nitrogens with one attached hydrogen (secondary N) is 1. The lowest BCUT2D eigenvalue weighted by Crippen LogP contribution is -2.39. The molecule has 0 aliphatic carbocycles. The molecule has 116 valence electrons. The molecule has 0 aromatic heterocycles. The van der Waals surface area contributed by atoms with Gasteiger partial charge < -0.3 is 5.32 Å². The van der Waals surface area contributed by atoms with Gasteiger partial charge in [0, 0.05) is 22.9 Å². The normalized spacial score (nSPS) is 11.2. The molecule has 0 bridgehead atoms. The van der Waals surface area contributed by atoms with Crippen LogP contribution in [0.2, 0.25) is 0 Å². The molecule has 21 heavy (non-hydrogen) atoms. The van der Waals surface area contributed by atoms with E-state index in [9.17, 15) is 14.9 Å².